The molecule has 2 aromatic heterocycles. The fraction of sp³-hybridized carbons (Fsp3) is 0.556. The summed E-state index contributed by atoms with van der Waals surface area (Å²) in [5.74, 6) is 0. The van der Waals surface area contributed by atoms with Crippen LogP contribution in [0.25, 0.3) is 11.2 Å². The highest BCUT2D eigenvalue weighted by Crippen LogP contribution is 2.45. The Hall–Kier alpha value is -2.48. The molecule has 2 N–H and O–H groups in total. The van der Waals surface area contributed by atoms with E-state index < -0.39 is 11.6 Å². The van der Waals surface area contributed by atoms with E-state index in [1.54, 1.807) is 4.57 Å². The fourth-order valence-electron chi connectivity index (χ4n) is 4.14. The van der Waals surface area contributed by atoms with Gasteiger partial charge in [-0.1, -0.05) is 0 Å². The first-order valence-corrected chi connectivity index (χ1v) is 8.89. The van der Waals surface area contributed by atoms with Crippen LogP contribution in [0, 0.1) is 6.92 Å². The molecule has 5 rings (SSSR count). The number of hydrogen-bond acceptors (Lipinski definition) is 5. The summed E-state index contributed by atoms with van der Waals surface area (Å²) in [6.45, 7) is 2.79. The van der Waals surface area contributed by atoms with Crippen LogP contribution in [0.2, 0.25) is 0 Å². The Morgan fingerprint density at radius 1 is 1.35 bits per heavy atom. The van der Waals surface area contributed by atoms with E-state index in [0.29, 0.717) is 30.7 Å². The molecule has 3 aliphatic rings. The summed E-state index contributed by atoms with van der Waals surface area (Å²) in [4.78, 5) is 32.0. The Kier molecular flexibility index (Phi) is 3.95. The monoisotopic (exact) mass is 358 g/mol. The first-order chi connectivity index (χ1) is 12.4. The van der Waals surface area contributed by atoms with E-state index in [1.165, 1.54) is 6.20 Å². The minimum Gasteiger partial charge on any atom is -0.465 e. The number of ether oxygens (including phenoxy) is 1. The highest BCUT2D eigenvalue weighted by Gasteiger charge is 2.50. The molecule has 4 heterocycles. The number of fused-ring (bicyclic) bond motifs is 4. The molecule has 2 saturated heterocycles. The molecule has 3 fully saturated rings. The number of carboxylic acid groups (broad SMARTS) is 1. The van der Waals surface area contributed by atoms with Gasteiger partial charge >= 0.3 is 6.09 Å². The van der Waals surface area contributed by atoms with Crippen LogP contribution in [-0.2, 0) is 11.3 Å². The number of amides is 1. The van der Waals surface area contributed by atoms with Gasteiger partial charge in [-0.2, -0.15) is 0 Å². The largest absolute Gasteiger partial charge is 0.465 e. The number of hydrogen-bond donors (Lipinski definition) is 2. The molecule has 26 heavy (non-hydrogen) atoms. The predicted molar refractivity (Wildman–Crippen MR) is 94.2 cm³/mol. The van der Waals surface area contributed by atoms with Crippen molar-refractivity contribution in [2.24, 2.45) is 0 Å². The average Bonchev–Trinajstić information content (AvgIpc) is 2.62. The summed E-state index contributed by atoms with van der Waals surface area (Å²) in [5.41, 5.74) is 1.23. The number of nitrogens with one attached hydrogen (secondary N) is 1. The maximum atomic E-state index is 12.3. The molecule has 1 aliphatic carbocycles. The van der Waals surface area contributed by atoms with Crippen molar-refractivity contribution in [1.29, 1.82) is 0 Å². The van der Waals surface area contributed by atoms with Gasteiger partial charge in [0.05, 0.1) is 23.9 Å². The van der Waals surface area contributed by atoms with Gasteiger partial charge in [-0.3, -0.25) is 9.36 Å². The van der Waals surface area contributed by atoms with Gasteiger partial charge in [0.2, 0.25) is 0 Å². The minimum atomic E-state index is -1.00. The van der Waals surface area contributed by atoms with Gasteiger partial charge in [0, 0.05) is 12.2 Å². The van der Waals surface area contributed by atoms with Crippen molar-refractivity contribution in [2.45, 2.75) is 56.7 Å². The molecule has 2 aliphatic heterocycles. The lowest BCUT2D eigenvalue weighted by Crippen LogP contribution is -2.62. The van der Waals surface area contributed by atoms with Gasteiger partial charge in [-0.05, 0) is 51.2 Å². The summed E-state index contributed by atoms with van der Waals surface area (Å²) in [5, 5.41) is 11.7. The number of aryl methyl sites for hydroxylation is 2. The van der Waals surface area contributed by atoms with Crippen LogP contribution in [-0.4, -0.2) is 43.5 Å². The van der Waals surface area contributed by atoms with Crippen LogP contribution in [0.5, 0.6) is 0 Å². The molecule has 138 valence electrons. The third-order valence-electron chi connectivity index (χ3n) is 5.77. The molecule has 0 spiro atoms. The molecule has 1 saturated carbocycles. The third kappa shape index (κ3) is 2.94. The molecule has 8 nitrogen and oxygen atoms in total. The molecule has 1 amide bonds. The molecule has 0 unspecified atom stereocenters. The summed E-state index contributed by atoms with van der Waals surface area (Å²) in [6.07, 6.45) is 4.14. The van der Waals surface area contributed by atoms with Crippen molar-refractivity contribution in [3.05, 3.63) is 34.4 Å². The van der Waals surface area contributed by atoms with Crippen molar-refractivity contribution in [1.82, 2.24) is 19.9 Å². The van der Waals surface area contributed by atoms with Crippen molar-refractivity contribution in [3.8, 4) is 0 Å². The zero-order valence-corrected chi connectivity index (χ0v) is 14.7. The Balaban J connectivity index is 1.53. The zero-order chi connectivity index (χ0) is 18.4. The molecular formula is C18H22N4O4. The average molecular weight is 358 g/mol. The summed E-state index contributed by atoms with van der Waals surface area (Å²) in [6, 6.07) is 3.75. The lowest BCUT2D eigenvalue weighted by molar-refractivity contribution is -0.164. The van der Waals surface area contributed by atoms with E-state index in [-0.39, 0.29) is 11.2 Å². The summed E-state index contributed by atoms with van der Waals surface area (Å²) >= 11 is 0. The number of pyridine rings is 1. The summed E-state index contributed by atoms with van der Waals surface area (Å²) in [7, 11) is 0. The van der Waals surface area contributed by atoms with Crippen LogP contribution < -0.4 is 10.9 Å². The third-order valence-corrected chi connectivity index (χ3v) is 5.77. The Morgan fingerprint density at radius 3 is 2.77 bits per heavy atom. The van der Waals surface area contributed by atoms with E-state index in [4.69, 9.17) is 9.84 Å². The van der Waals surface area contributed by atoms with Gasteiger partial charge < -0.3 is 15.2 Å². The second-order valence-electron chi connectivity index (χ2n) is 7.48. The van der Waals surface area contributed by atoms with Crippen LogP contribution in [0.3, 0.4) is 0 Å². The van der Waals surface area contributed by atoms with E-state index in [9.17, 15) is 9.59 Å². The second kappa shape index (κ2) is 6.05. The minimum absolute atomic E-state index is 0.166. The normalized spacial score (nSPS) is 27.6. The molecule has 0 aromatic carbocycles. The molecular weight excluding hydrogens is 336 g/mol. The Bertz CT molecular complexity index is 899. The van der Waals surface area contributed by atoms with Crippen molar-refractivity contribution < 1.29 is 14.6 Å². The zero-order valence-electron chi connectivity index (χ0n) is 14.7. The summed E-state index contributed by atoms with van der Waals surface area (Å²) < 4.78 is 7.75. The quantitative estimate of drug-likeness (QED) is 0.864. The van der Waals surface area contributed by atoms with Crippen LogP contribution in [0.4, 0.5) is 4.79 Å². The first kappa shape index (κ1) is 17.0. The van der Waals surface area contributed by atoms with Crippen molar-refractivity contribution >= 4 is 17.3 Å². The lowest BCUT2D eigenvalue weighted by Gasteiger charge is -2.53. The topological polar surface area (TPSA) is 106 Å². The Morgan fingerprint density at radius 2 is 2.12 bits per heavy atom. The van der Waals surface area contributed by atoms with Gasteiger partial charge in [-0.25, -0.2) is 14.8 Å². The number of aromatic nitrogens is 3. The maximum Gasteiger partial charge on any atom is 0.405 e. The van der Waals surface area contributed by atoms with Gasteiger partial charge in [0.25, 0.3) is 5.56 Å². The number of nitrogens with zero attached hydrogens (tertiary/aromatic N) is 3. The van der Waals surface area contributed by atoms with Crippen molar-refractivity contribution in [3.63, 3.8) is 0 Å². The van der Waals surface area contributed by atoms with Gasteiger partial charge in [0.1, 0.15) is 5.52 Å². The van der Waals surface area contributed by atoms with Gasteiger partial charge in [-0.15, -0.1) is 0 Å². The van der Waals surface area contributed by atoms with Crippen LogP contribution in [0.15, 0.2) is 23.1 Å². The van der Waals surface area contributed by atoms with E-state index in [1.807, 2.05) is 19.1 Å². The second-order valence-corrected chi connectivity index (χ2v) is 7.48. The lowest BCUT2D eigenvalue weighted by atomic mass is 9.70. The van der Waals surface area contributed by atoms with E-state index in [2.05, 4.69) is 15.3 Å². The van der Waals surface area contributed by atoms with E-state index in [0.717, 1.165) is 31.4 Å². The standard InChI is InChI=1S/C18H22N4O4/c1-12-2-3-13-15(20-12)22(14(23)10-19-13)9-8-18-6-4-17(5-7-18,11-26-18)21-16(24)25/h2-3,10,21H,4-9,11H2,1H3,(H,24,25). The number of rotatable bonds is 4. The highest BCUT2D eigenvalue weighted by molar-refractivity contribution is 5.69. The molecule has 8 heteroatoms. The Labute approximate surface area is 150 Å². The van der Waals surface area contributed by atoms with Crippen LogP contribution in [0.1, 0.15) is 37.8 Å². The SMILES string of the molecule is Cc1ccc2ncc(=O)n(CCC34CCC(NC(=O)O)(CC3)CO4)c2n1. The highest BCUT2D eigenvalue weighted by atomic mass is 16.5. The molecule has 2 aromatic rings. The molecule has 0 radical (unpaired) electrons. The predicted octanol–water partition coefficient (Wildman–Crippen LogP) is 1.84. The van der Waals surface area contributed by atoms with Crippen molar-refractivity contribution in [2.75, 3.05) is 6.61 Å². The van der Waals surface area contributed by atoms with Gasteiger partial charge in [0.15, 0.2) is 5.65 Å². The van der Waals surface area contributed by atoms with E-state index >= 15 is 0 Å². The maximum absolute atomic E-state index is 12.3. The fourth-order valence-corrected chi connectivity index (χ4v) is 4.14. The van der Waals surface area contributed by atoms with Crippen LogP contribution >= 0.6 is 0 Å². The number of carbonyl (C=O) groups is 1. The molecule has 2 bridgehead atoms. The molecule has 0 atom stereocenters. The first-order valence-electron chi connectivity index (χ1n) is 8.89. The smallest absolute Gasteiger partial charge is 0.405 e.